The topological polar surface area (TPSA) is 94.2 Å². The zero-order valence-corrected chi connectivity index (χ0v) is 21.1. The van der Waals surface area contributed by atoms with Crippen molar-refractivity contribution >= 4 is 34.3 Å². The normalized spacial score (nSPS) is 16.8. The molecule has 4 N–H and O–H groups in total. The first-order chi connectivity index (χ1) is 17.8. The van der Waals surface area contributed by atoms with Crippen molar-refractivity contribution in [1.29, 1.82) is 0 Å². The van der Waals surface area contributed by atoms with Crippen LogP contribution in [0.3, 0.4) is 0 Å². The molecule has 3 aromatic carbocycles. The second kappa shape index (κ2) is 9.90. The highest BCUT2D eigenvalue weighted by Gasteiger charge is 2.44. The van der Waals surface area contributed by atoms with Crippen molar-refractivity contribution in [3.8, 4) is 5.75 Å². The van der Waals surface area contributed by atoms with Gasteiger partial charge in [-0.15, -0.1) is 0 Å². The number of halogens is 2. The number of hydrogen-bond donors (Lipinski definition) is 4. The molecule has 1 unspecified atom stereocenters. The third-order valence-electron chi connectivity index (χ3n) is 7.18. The Balaban J connectivity index is 1.45. The van der Waals surface area contributed by atoms with Crippen LogP contribution in [0.15, 0.2) is 60.7 Å². The van der Waals surface area contributed by atoms with Crippen LogP contribution in [0, 0.1) is 12.7 Å². The summed E-state index contributed by atoms with van der Waals surface area (Å²) in [6.07, 6.45) is 1.71. The van der Waals surface area contributed by atoms with Crippen LogP contribution in [0.2, 0.25) is 5.02 Å². The number of benzene rings is 3. The van der Waals surface area contributed by atoms with E-state index in [9.17, 15) is 19.1 Å². The van der Waals surface area contributed by atoms with E-state index >= 15 is 0 Å². The molecule has 0 radical (unpaired) electrons. The second-order valence-electron chi connectivity index (χ2n) is 9.54. The SMILES string of the molecule is Cc1c(F)cccc1C(=O)NC1(C(=O)NCCc2ccc(O)cc2)CCc2[nH]c3cccc(Cl)c3c2C1. The average Bonchev–Trinajstić information content (AvgIpc) is 3.25. The zero-order chi connectivity index (χ0) is 26.2. The number of aryl methyl sites for hydroxylation is 1. The number of aromatic hydroxyl groups is 1. The van der Waals surface area contributed by atoms with Crippen molar-refractivity contribution in [2.75, 3.05) is 6.54 Å². The van der Waals surface area contributed by atoms with Crippen molar-refractivity contribution < 1.29 is 19.1 Å². The maximum absolute atomic E-state index is 14.2. The van der Waals surface area contributed by atoms with Crippen molar-refractivity contribution in [3.05, 3.63) is 99.5 Å². The highest BCUT2D eigenvalue weighted by Crippen LogP contribution is 2.37. The molecule has 0 fully saturated rings. The summed E-state index contributed by atoms with van der Waals surface area (Å²) in [7, 11) is 0. The van der Waals surface area contributed by atoms with Crippen LogP contribution in [0.5, 0.6) is 5.75 Å². The summed E-state index contributed by atoms with van der Waals surface area (Å²) in [5.74, 6) is -1.10. The molecular formula is C29H27ClFN3O3. The van der Waals surface area contributed by atoms with E-state index in [1.807, 2.05) is 12.1 Å². The molecule has 1 heterocycles. The van der Waals surface area contributed by atoms with Crippen molar-refractivity contribution in [3.63, 3.8) is 0 Å². The van der Waals surface area contributed by atoms with Crippen LogP contribution < -0.4 is 10.6 Å². The molecule has 37 heavy (non-hydrogen) atoms. The number of rotatable bonds is 6. The monoisotopic (exact) mass is 519 g/mol. The van der Waals surface area contributed by atoms with E-state index in [4.69, 9.17) is 11.6 Å². The molecule has 6 nitrogen and oxygen atoms in total. The van der Waals surface area contributed by atoms with Crippen LogP contribution >= 0.6 is 11.6 Å². The largest absolute Gasteiger partial charge is 0.508 e. The highest BCUT2D eigenvalue weighted by atomic mass is 35.5. The molecule has 0 spiro atoms. The Bertz CT molecular complexity index is 1500. The fourth-order valence-electron chi connectivity index (χ4n) is 5.11. The molecule has 0 aliphatic heterocycles. The third-order valence-corrected chi connectivity index (χ3v) is 7.50. The van der Waals surface area contributed by atoms with Gasteiger partial charge in [0.2, 0.25) is 5.91 Å². The first kappa shape index (κ1) is 24.8. The Morgan fingerprint density at radius 2 is 1.86 bits per heavy atom. The molecule has 1 atom stereocenters. The molecule has 190 valence electrons. The molecule has 0 saturated carbocycles. The number of fused-ring (bicyclic) bond motifs is 3. The number of phenols is 1. The third kappa shape index (κ3) is 4.79. The number of H-pyrrole nitrogens is 1. The molecule has 5 rings (SSSR count). The lowest BCUT2D eigenvalue weighted by Gasteiger charge is -2.37. The predicted octanol–water partition coefficient (Wildman–Crippen LogP) is 4.99. The number of amides is 2. The van der Waals surface area contributed by atoms with E-state index in [2.05, 4.69) is 15.6 Å². The summed E-state index contributed by atoms with van der Waals surface area (Å²) in [4.78, 5) is 30.5. The Hall–Kier alpha value is -3.84. The maximum Gasteiger partial charge on any atom is 0.252 e. The zero-order valence-electron chi connectivity index (χ0n) is 20.3. The van der Waals surface area contributed by atoms with Gasteiger partial charge in [0, 0.05) is 35.1 Å². The smallest absolute Gasteiger partial charge is 0.252 e. The maximum atomic E-state index is 14.2. The van der Waals surface area contributed by atoms with Gasteiger partial charge >= 0.3 is 0 Å². The Labute approximate surface area is 218 Å². The van der Waals surface area contributed by atoms with Gasteiger partial charge in [-0.05, 0) is 79.3 Å². The molecule has 1 aliphatic rings. The number of aromatic nitrogens is 1. The number of carbonyl (C=O) groups excluding carboxylic acids is 2. The van der Waals surface area contributed by atoms with Crippen LogP contribution in [-0.2, 0) is 24.1 Å². The average molecular weight is 520 g/mol. The standard InChI is InChI=1S/C29H27ClFN3O3/c1-17-20(4-2-6-23(17)31)27(36)34-29(28(37)32-15-13-18-8-10-19(35)11-9-18)14-12-24-21(16-29)26-22(30)5-3-7-25(26)33-24/h2-11,33,35H,12-16H2,1H3,(H,32,37)(H,34,36). The van der Waals surface area contributed by atoms with Gasteiger partial charge in [0.05, 0.1) is 5.02 Å². The number of hydrogen-bond acceptors (Lipinski definition) is 3. The summed E-state index contributed by atoms with van der Waals surface area (Å²) in [5.41, 5.74) is 2.91. The molecule has 2 amide bonds. The Morgan fingerprint density at radius 3 is 2.65 bits per heavy atom. The van der Waals surface area contributed by atoms with Gasteiger partial charge in [-0.25, -0.2) is 4.39 Å². The molecule has 1 aliphatic carbocycles. The van der Waals surface area contributed by atoms with Crippen LogP contribution in [0.4, 0.5) is 4.39 Å². The minimum absolute atomic E-state index is 0.178. The van der Waals surface area contributed by atoms with Crippen LogP contribution in [-0.4, -0.2) is 34.0 Å². The summed E-state index contributed by atoms with van der Waals surface area (Å²) in [6, 6.07) is 16.8. The van der Waals surface area contributed by atoms with E-state index in [-0.39, 0.29) is 29.2 Å². The van der Waals surface area contributed by atoms with Gasteiger partial charge in [0.25, 0.3) is 5.91 Å². The minimum atomic E-state index is -1.24. The highest BCUT2D eigenvalue weighted by molar-refractivity contribution is 6.35. The molecule has 4 aromatic rings. The lowest BCUT2D eigenvalue weighted by atomic mass is 9.78. The number of nitrogens with one attached hydrogen (secondary N) is 3. The molecule has 8 heteroatoms. The van der Waals surface area contributed by atoms with E-state index in [1.165, 1.54) is 12.1 Å². The molecular weight excluding hydrogens is 493 g/mol. The van der Waals surface area contributed by atoms with Crippen LogP contribution in [0.25, 0.3) is 10.9 Å². The van der Waals surface area contributed by atoms with Crippen molar-refractivity contribution in [1.82, 2.24) is 15.6 Å². The quantitative estimate of drug-likeness (QED) is 0.289. The molecule has 1 aromatic heterocycles. The van der Waals surface area contributed by atoms with E-state index in [1.54, 1.807) is 43.3 Å². The fourth-order valence-corrected chi connectivity index (χ4v) is 5.40. The summed E-state index contributed by atoms with van der Waals surface area (Å²) < 4.78 is 14.2. The van der Waals surface area contributed by atoms with Gasteiger partial charge in [-0.2, -0.15) is 0 Å². The Kier molecular flexibility index (Phi) is 6.65. The summed E-state index contributed by atoms with van der Waals surface area (Å²) in [5, 5.41) is 16.9. The van der Waals surface area contributed by atoms with Gasteiger partial charge in [-0.3, -0.25) is 9.59 Å². The number of aromatic amines is 1. The Morgan fingerprint density at radius 1 is 1.11 bits per heavy atom. The van der Waals surface area contributed by atoms with Crippen LogP contribution in [0.1, 0.15) is 39.2 Å². The van der Waals surface area contributed by atoms with Crippen molar-refractivity contribution in [2.24, 2.45) is 0 Å². The van der Waals surface area contributed by atoms with Gasteiger partial charge < -0.3 is 20.7 Å². The molecule has 0 saturated heterocycles. The fraction of sp³-hybridized carbons (Fsp3) is 0.241. The minimum Gasteiger partial charge on any atom is -0.508 e. The van der Waals surface area contributed by atoms with E-state index in [0.717, 1.165) is 27.7 Å². The summed E-state index contributed by atoms with van der Waals surface area (Å²) in [6.45, 7) is 1.90. The van der Waals surface area contributed by atoms with Gasteiger partial charge in [0.15, 0.2) is 0 Å². The predicted molar refractivity (Wildman–Crippen MR) is 141 cm³/mol. The number of carbonyl (C=O) groups is 2. The lowest BCUT2D eigenvalue weighted by Crippen LogP contribution is -2.61. The van der Waals surface area contributed by atoms with Gasteiger partial charge in [-0.1, -0.05) is 35.9 Å². The second-order valence-corrected chi connectivity index (χ2v) is 9.95. The van der Waals surface area contributed by atoms with E-state index in [0.29, 0.717) is 30.8 Å². The number of phenolic OH excluding ortho intramolecular Hbond substituents is 1. The molecule has 0 bridgehead atoms. The van der Waals surface area contributed by atoms with E-state index < -0.39 is 17.3 Å². The first-order valence-corrected chi connectivity index (χ1v) is 12.6. The lowest BCUT2D eigenvalue weighted by molar-refractivity contribution is -0.127. The van der Waals surface area contributed by atoms with Crippen molar-refractivity contribution in [2.45, 2.75) is 38.1 Å². The van der Waals surface area contributed by atoms with Gasteiger partial charge in [0.1, 0.15) is 17.1 Å². The first-order valence-electron chi connectivity index (χ1n) is 12.2. The summed E-state index contributed by atoms with van der Waals surface area (Å²) >= 11 is 6.54.